The Kier molecular flexibility index (Phi) is 4.18. The predicted octanol–water partition coefficient (Wildman–Crippen LogP) is 1.87. The summed E-state index contributed by atoms with van der Waals surface area (Å²) >= 11 is 0. The van der Waals surface area contributed by atoms with Crippen molar-refractivity contribution in [3.05, 3.63) is 17.3 Å². The summed E-state index contributed by atoms with van der Waals surface area (Å²) in [7, 11) is 0. The first-order valence-corrected chi connectivity index (χ1v) is 6.58. The number of nitrogens with zero attached hydrogens (tertiary/aromatic N) is 2. The Morgan fingerprint density at radius 2 is 2.29 bits per heavy atom. The van der Waals surface area contributed by atoms with Gasteiger partial charge in [-0.05, 0) is 39.8 Å². The average molecular weight is 237 g/mol. The Morgan fingerprint density at radius 3 is 2.94 bits per heavy atom. The first-order chi connectivity index (χ1) is 8.20. The second-order valence-corrected chi connectivity index (χ2v) is 4.80. The summed E-state index contributed by atoms with van der Waals surface area (Å²) in [5.41, 5.74) is 0.998. The van der Waals surface area contributed by atoms with Gasteiger partial charge >= 0.3 is 0 Å². The predicted molar refractivity (Wildman–Crippen MR) is 68.0 cm³/mol. The maximum atomic E-state index is 5.54. The molecule has 0 saturated carbocycles. The van der Waals surface area contributed by atoms with E-state index in [0.29, 0.717) is 6.04 Å². The van der Waals surface area contributed by atoms with E-state index in [0.717, 1.165) is 37.0 Å². The largest absolute Gasteiger partial charge is 0.444 e. The van der Waals surface area contributed by atoms with Crippen molar-refractivity contribution in [2.75, 3.05) is 19.6 Å². The van der Waals surface area contributed by atoms with Gasteiger partial charge in [0, 0.05) is 12.6 Å². The lowest BCUT2D eigenvalue weighted by atomic mass is 10.2. The van der Waals surface area contributed by atoms with Crippen molar-refractivity contribution in [2.24, 2.45) is 0 Å². The Bertz CT molecular complexity index is 342. The van der Waals surface area contributed by atoms with Crippen LogP contribution in [0.5, 0.6) is 0 Å². The standard InChI is InChI=1S/C13H23N3O/c1-4-16-7-5-6-12(16)8-14-9-13-15-10(2)11(3)17-13/h12,14H,4-9H2,1-3H3. The molecule has 0 radical (unpaired) electrons. The zero-order valence-corrected chi connectivity index (χ0v) is 11.1. The Morgan fingerprint density at radius 1 is 1.47 bits per heavy atom. The molecule has 1 saturated heterocycles. The summed E-state index contributed by atoms with van der Waals surface area (Å²) in [5, 5.41) is 3.45. The molecule has 0 aliphatic carbocycles. The average Bonchev–Trinajstić information content (AvgIpc) is 2.87. The van der Waals surface area contributed by atoms with Gasteiger partial charge in [-0.15, -0.1) is 0 Å². The van der Waals surface area contributed by atoms with Gasteiger partial charge in [0.2, 0.25) is 5.89 Å². The first-order valence-electron chi connectivity index (χ1n) is 6.58. The van der Waals surface area contributed by atoms with Crippen molar-refractivity contribution in [3.63, 3.8) is 0 Å². The van der Waals surface area contributed by atoms with E-state index in [-0.39, 0.29) is 0 Å². The molecule has 1 atom stereocenters. The smallest absolute Gasteiger partial charge is 0.208 e. The van der Waals surface area contributed by atoms with Crippen LogP contribution in [0.15, 0.2) is 4.42 Å². The van der Waals surface area contributed by atoms with Crippen LogP contribution in [0.25, 0.3) is 0 Å². The Hall–Kier alpha value is -0.870. The number of hydrogen-bond acceptors (Lipinski definition) is 4. The fourth-order valence-corrected chi connectivity index (χ4v) is 2.50. The Balaban J connectivity index is 1.75. The molecule has 4 heteroatoms. The molecule has 1 fully saturated rings. The number of nitrogens with one attached hydrogen (secondary N) is 1. The lowest BCUT2D eigenvalue weighted by molar-refractivity contribution is 0.257. The summed E-state index contributed by atoms with van der Waals surface area (Å²) in [5.74, 6) is 1.74. The van der Waals surface area contributed by atoms with Crippen LogP contribution in [0.3, 0.4) is 0 Å². The van der Waals surface area contributed by atoms with Gasteiger partial charge in [-0.3, -0.25) is 4.90 Å². The van der Waals surface area contributed by atoms with E-state index in [1.54, 1.807) is 0 Å². The second-order valence-electron chi connectivity index (χ2n) is 4.80. The van der Waals surface area contributed by atoms with Gasteiger partial charge < -0.3 is 9.73 Å². The lowest BCUT2D eigenvalue weighted by Gasteiger charge is -2.22. The van der Waals surface area contributed by atoms with Crippen LogP contribution in [-0.2, 0) is 6.54 Å². The molecule has 0 bridgehead atoms. The monoisotopic (exact) mass is 237 g/mol. The topological polar surface area (TPSA) is 41.3 Å². The van der Waals surface area contributed by atoms with Crippen LogP contribution in [0, 0.1) is 13.8 Å². The normalized spacial score (nSPS) is 21.2. The maximum Gasteiger partial charge on any atom is 0.208 e. The van der Waals surface area contributed by atoms with Gasteiger partial charge in [0.1, 0.15) is 5.76 Å². The van der Waals surface area contributed by atoms with Crippen LogP contribution in [-0.4, -0.2) is 35.6 Å². The summed E-state index contributed by atoms with van der Waals surface area (Å²) in [6.45, 7) is 10.4. The van der Waals surface area contributed by atoms with Gasteiger partial charge in [0.15, 0.2) is 0 Å². The van der Waals surface area contributed by atoms with Gasteiger partial charge in [-0.1, -0.05) is 6.92 Å². The minimum atomic E-state index is 0.692. The van der Waals surface area contributed by atoms with Gasteiger partial charge in [0.05, 0.1) is 12.2 Å². The number of likely N-dealkylation sites (tertiary alicyclic amines) is 1. The Labute approximate surface area is 103 Å². The van der Waals surface area contributed by atoms with Crippen molar-refractivity contribution in [2.45, 2.75) is 46.2 Å². The molecule has 4 nitrogen and oxygen atoms in total. The van der Waals surface area contributed by atoms with E-state index in [9.17, 15) is 0 Å². The number of rotatable bonds is 5. The fourth-order valence-electron chi connectivity index (χ4n) is 2.50. The summed E-state index contributed by atoms with van der Waals surface area (Å²) in [6.07, 6.45) is 2.64. The van der Waals surface area contributed by atoms with Gasteiger partial charge in [-0.25, -0.2) is 4.98 Å². The van der Waals surface area contributed by atoms with Crippen LogP contribution >= 0.6 is 0 Å². The zero-order valence-electron chi connectivity index (χ0n) is 11.1. The highest BCUT2D eigenvalue weighted by atomic mass is 16.4. The van der Waals surface area contributed by atoms with Gasteiger partial charge in [-0.2, -0.15) is 0 Å². The molecule has 0 amide bonds. The number of hydrogen-bond donors (Lipinski definition) is 1. The van der Waals surface area contributed by atoms with E-state index < -0.39 is 0 Å². The molecule has 2 rings (SSSR count). The molecule has 0 spiro atoms. The summed E-state index contributed by atoms with van der Waals surface area (Å²) < 4.78 is 5.54. The van der Waals surface area contributed by atoms with Gasteiger partial charge in [0.25, 0.3) is 0 Å². The molecule has 0 aromatic carbocycles. The summed E-state index contributed by atoms with van der Waals surface area (Å²) in [4.78, 5) is 6.91. The maximum absolute atomic E-state index is 5.54. The molecule has 1 aromatic heterocycles. The quantitative estimate of drug-likeness (QED) is 0.849. The third-order valence-corrected chi connectivity index (χ3v) is 3.63. The number of oxazole rings is 1. The van der Waals surface area contributed by atoms with Crippen LogP contribution in [0.4, 0.5) is 0 Å². The highest BCUT2D eigenvalue weighted by Crippen LogP contribution is 2.15. The van der Waals surface area contributed by atoms with Crippen LogP contribution in [0.2, 0.25) is 0 Å². The van der Waals surface area contributed by atoms with E-state index >= 15 is 0 Å². The van der Waals surface area contributed by atoms with Crippen molar-refractivity contribution in [3.8, 4) is 0 Å². The molecule has 1 N–H and O–H groups in total. The highest BCUT2D eigenvalue weighted by Gasteiger charge is 2.22. The second kappa shape index (κ2) is 5.65. The van der Waals surface area contributed by atoms with Crippen molar-refractivity contribution in [1.82, 2.24) is 15.2 Å². The van der Waals surface area contributed by atoms with E-state index in [1.807, 2.05) is 13.8 Å². The van der Waals surface area contributed by atoms with E-state index in [1.165, 1.54) is 19.4 Å². The van der Waals surface area contributed by atoms with Crippen LogP contribution in [0.1, 0.15) is 37.1 Å². The highest BCUT2D eigenvalue weighted by molar-refractivity contribution is 5.05. The number of aromatic nitrogens is 1. The first kappa shape index (κ1) is 12.6. The van der Waals surface area contributed by atoms with E-state index in [2.05, 4.69) is 22.1 Å². The van der Waals surface area contributed by atoms with Crippen molar-refractivity contribution >= 4 is 0 Å². The lowest BCUT2D eigenvalue weighted by Crippen LogP contribution is -2.37. The van der Waals surface area contributed by atoms with Crippen molar-refractivity contribution in [1.29, 1.82) is 0 Å². The molecule has 96 valence electrons. The molecule has 1 aliphatic rings. The zero-order chi connectivity index (χ0) is 12.3. The molecular weight excluding hydrogens is 214 g/mol. The minimum Gasteiger partial charge on any atom is -0.444 e. The molecule has 1 aliphatic heterocycles. The molecule has 1 unspecified atom stereocenters. The molecule has 17 heavy (non-hydrogen) atoms. The molecule has 2 heterocycles. The third kappa shape index (κ3) is 3.07. The van der Waals surface area contributed by atoms with Crippen molar-refractivity contribution < 1.29 is 4.42 Å². The third-order valence-electron chi connectivity index (χ3n) is 3.63. The molecular formula is C13H23N3O. The van der Waals surface area contributed by atoms with Crippen LogP contribution < -0.4 is 5.32 Å². The number of aryl methyl sites for hydroxylation is 2. The SMILES string of the molecule is CCN1CCCC1CNCc1nc(C)c(C)o1. The summed E-state index contributed by atoms with van der Waals surface area (Å²) in [6, 6.07) is 0.692. The minimum absolute atomic E-state index is 0.692. The fraction of sp³-hybridized carbons (Fsp3) is 0.769. The van der Waals surface area contributed by atoms with E-state index in [4.69, 9.17) is 4.42 Å². The number of likely N-dealkylation sites (N-methyl/N-ethyl adjacent to an activating group) is 1. The molecule has 1 aromatic rings.